The van der Waals surface area contributed by atoms with Gasteiger partial charge in [-0.15, -0.1) is 0 Å². The number of hydrogen-bond acceptors (Lipinski definition) is 5. The molecule has 0 aliphatic carbocycles. The number of nitrogens with zero attached hydrogens (tertiary/aromatic N) is 3. The van der Waals surface area contributed by atoms with E-state index >= 15 is 0 Å². The molecular formula is C19H26N6O2. The van der Waals surface area contributed by atoms with Gasteiger partial charge in [0.1, 0.15) is 11.9 Å². The third-order valence-corrected chi connectivity index (χ3v) is 4.80. The summed E-state index contributed by atoms with van der Waals surface area (Å²) in [6, 6.07) is 8.56. The first-order chi connectivity index (χ1) is 13.1. The minimum atomic E-state index is -0.710. The first-order valence-electron chi connectivity index (χ1n) is 9.08. The van der Waals surface area contributed by atoms with Gasteiger partial charge < -0.3 is 20.5 Å². The number of likely N-dealkylation sites (N-methyl/N-ethyl adjacent to an activating group) is 1. The molecule has 2 atom stereocenters. The summed E-state index contributed by atoms with van der Waals surface area (Å²) in [7, 11) is 3.52. The number of carbonyl (C=O) groups is 2. The molecule has 8 heteroatoms. The van der Waals surface area contributed by atoms with Crippen LogP contribution in [-0.2, 0) is 16.6 Å². The van der Waals surface area contributed by atoms with Gasteiger partial charge in [0.2, 0.25) is 11.8 Å². The van der Waals surface area contributed by atoms with Crippen LogP contribution in [0.4, 0.5) is 0 Å². The molecule has 1 aromatic heterocycles. The Balaban J connectivity index is 1.71. The molecule has 0 saturated carbocycles. The third kappa shape index (κ3) is 4.53. The summed E-state index contributed by atoms with van der Waals surface area (Å²) >= 11 is 0. The number of aryl methyl sites for hydroxylation is 1. The number of aromatic nitrogens is 2. The zero-order valence-electron chi connectivity index (χ0n) is 15.7. The van der Waals surface area contributed by atoms with Crippen LogP contribution in [0.5, 0.6) is 0 Å². The van der Waals surface area contributed by atoms with Gasteiger partial charge in [-0.1, -0.05) is 30.3 Å². The number of rotatable bonds is 6. The predicted molar refractivity (Wildman–Crippen MR) is 102 cm³/mol. The lowest BCUT2D eigenvalue weighted by Crippen LogP contribution is -2.51. The molecule has 2 unspecified atom stereocenters. The molecule has 2 amide bonds. The van der Waals surface area contributed by atoms with Gasteiger partial charge in [-0.2, -0.15) is 0 Å². The molecule has 0 radical (unpaired) electrons. The van der Waals surface area contributed by atoms with Crippen molar-refractivity contribution in [2.24, 2.45) is 7.05 Å². The van der Waals surface area contributed by atoms with Gasteiger partial charge in [0.05, 0.1) is 12.6 Å². The Hall–Kier alpha value is -2.71. The van der Waals surface area contributed by atoms with Gasteiger partial charge in [-0.25, -0.2) is 4.98 Å². The summed E-state index contributed by atoms with van der Waals surface area (Å²) in [6.45, 7) is 2.49. The lowest BCUT2D eigenvalue weighted by molar-refractivity contribution is -0.130. The van der Waals surface area contributed by atoms with Crippen molar-refractivity contribution in [3.63, 3.8) is 0 Å². The molecule has 1 aliphatic rings. The van der Waals surface area contributed by atoms with Crippen molar-refractivity contribution in [3.05, 3.63) is 54.1 Å². The zero-order chi connectivity index (χ0) is 19.2. The molecule has 3 N–H and O–H groups in total. The average Bonchev–Trinajstić information content (AvgIpc) is 3.12. The Morgan fingerprint density at radius 2 is 2.11 bits per heavy atom. The van der Waals surface area contributed by atoms with E-state index in [4.69, 9.17) is 0 Å². The molecule has 27 heavy (non-hydrogen) atoms. The van der Waals surface area contributed by atoms with Crippen LogP contribution in [0.25, 0.3) is 0 Å². The molecule has 1 aliphatic heterocycles. The summed E-state index contributed by atoms with van der Waals surface area (Å²) in [5.74, 6) is 0.491. The number of imidazole rings is 1. The van der Waals surface area contributed by atoms with Crippen LogP contribution in [0.3, 0.4) is 0 Å². The minimum Gasteiger partial charge on any atom is -0.357 e. The summed E-state index contributed by atoms with van der Waals surface area (Å²) in [5, 5.41) is 8.85. The summed E-state index contributed by atoms with van der Waals surface area (Å²) in [6.07, 6.45) is 3.67. The van der Waals surface area contributed by atoms with E-state index in [1.807, 2.05) is 48.1 Å². The van der Waals surface area contributed by atoms with Crippen LogP contribution >= 0.6 is 0 Å². The van der Waals surface area contributed by atoms with Gasteiger partial charge in [-0.05, 0) is 5.56 Å². The van der Waals surface area contributed by atoms with Crippen molar-refractivity contribution < 1.29 is 9.59 Å². The second-order valence-electron chi connectivity index (χ2n) is 6.61. The number of amides is 2. The van der Waals surface area contributed by atoms with Crippen molar-refractivity contribution in [2.45, 2.75) is 12.1 Å². The fourth-order valence-electron chi connectivity index (χ4n) is 3.37. The fraction of sp³-hybridized carbons (Fsp3) is 0.421. The largest absolute Gasteiger partial charge is 0.357 e. The van der Waals surface area contributed by atoms with Gasteiger partial charge in [0, 0.05) is 46.1 Å². The van der Waals surface area contributed by atoms with Gasteiger partial charge in [0.25, 0.3) is 0 Å². The fourth-order valence-corrected chi connectivity index (χ4v) is 3.37. The number of hydrogen-bond donors (Lipinski definition) is 3. The quantitative estimate of drug-likeness (QED) is 0.664. The molecule has 0 bridgehead atoms. The third-order valence-electron chi connectivity index (χ3n) is 4.80. The second-order valence-corrected chi connectivity index (χ2v) is 6.61. The lowest BCUT2D eigenvalue weighted by Gasteiger charge is -2.35. The van der Waals surface area contributed by atoms with Crippen molar-refractivity contribution in [1.29, 1.82) is 0 Å². The maximum atomic E-state index is 12.7. The maximum absolute atomic E-state index is 12.7. The molecule has 2 heterocycles. The SMILES string of the molecule is CNC(=O)C(NC(=O)CN1CCNCC1c1nccn1C)c1ccccc1. The first-order valence-corrected chi connectivity index (χ1v) is 9.08. The molecule has 144 valence electrons. The highest BCUT2D eigenvalue weighted by Crippen LogP contribution is 2.20. The lowest BCUT2D eigenvalue weighted by atomic mass is 10.1. The molecule has 8 nitrogen and oxygen atoms in total. The van der Waals surface area contributed by atoms with Crippen LogP contribution < -0.4 is 16.0 Å². The number of carbonyl (C=O) groups excluding carboxylic acids is 2. The van der Waals surface area contributed by atoms with Crippen LogP contribution in [0.1, 0.15) is 23.5 Å². The smallest absolute Gasteiger partial charge is 0.246 e. The maximum Gasteiger partial charge on any atom is 0.246 e. The molecule has 3 rings (SSSR count). The van der Waals surface area contributed by atoms with Crippen LogP contribution in [0, 0.1) is 0 Å². The van der Waals surface area contributed by atoms with E-state index in [-0.39, 0.29) is 24.4 Å². The summed E-state index contributed by atoms with van der Waals surface area (Å²) in [5.41, 5.74) is 0.756. The van der Waals surface area contributed by atoms with Crippen molar-refractivity contribution >= 4 is 11.8 Å². The summed E-state index contributed by atoms with van der Waals surface area (Å²) in [4.78, 5) is 31.5. The topological polar surface area (TPSA) is 91.3 Å². The number of nitrogens with one attached hydrogen (secondary N) is 3. The van der Waals surface area contributed by atoms with Gasteiger partial charge in [-0.3, -0.25) is 14.5 Å². The van der Waals surface area contributed by atoms with E-state index in [2.05, 4.69) is 25.8 Å². The average molecular weight is 370 g/mol. The van der Waals surface area contributed by atoms with Crippen LogP contribution in [0.2, 0.25) is 0 Å². The number of benzene rings is 1. The van der Waals surface area contributed by atoms with Crippen molar-refractivity contribution in [1.82, 2.24) is 30.4 Å². The highest BCUT2D eigenvalue weighted by Gasteiger charge is 2.29. The molecule has 1 fully saturated rings. The first kappa shape index (κ1) is 19.1. The highest BCUT2D eigenvalue weighted by atomic mass is 16.2. The van der Waals surface area contributed by atoms with Crippen molar-refractivity contribution in [3.8, 4) is 0 Å². The van der Waals surface area contributed by atoms with E-state index in [9.17, 15) is 9.59 Å². The normalized spacial score (nSPS) is 18.7. The summed E-state index contributed by atoms with van der Waals surface area (Å²) < 4.78 is 1.97. The van der Waals surface area contributed by atoms with E-state index in [1.54, 1.807) is 13.2 Å². The van der Waals surface area contributed by atoms with E-state index in [0.717, 1.165) is 31.0 Å². The molecule has 0 spiro atoms. The molecule has 1 aromatic carbocycles. The van der Waals surface area contributed by atoms with Crippen molar-refractivity contribution in [2.75, 3.05) is 33.2 Å². The Kier molecular flexibility index (Phi) is 6.20. The van der Waals surface area contributed by atoms with E-state index < -0.39 is 6.04 Å². The standard InChI is InChI=1S/C19H26N6O2/c1-20-19(27)17(14-6-4-3-5-7-14)23-16(26)13-25-11-8-21-12-15(25)18-22-9-10-24(18)2/h3-7,9-10,15,17,21H,8,11-13H2,1-2H3,(H,20,27)(H,23,26). The van der Waals surface area contributed by atoms with E-state index in [0.29, 0.717) is 0 Å². The van der Waals surface area contributed by atoms with Crippen LogP contribution in [0.15, 0.2) is 42.7 Å². The van der Waals surface area contributed by atoms with Gasteiger partial charge >= 0.3 is 0 Å². The van der Waals surface area contributed by atoms with E-state index in [1.165, 1.54) is 0 Å². The minimum absolute atomic E-state index is 0.0136. The highest BCUT2D eigenvalue weighted by molar-refractivity contribution is 5.89. The molecule has 1 saturated heterocycles. The zero-order valence-corrected chi connectivity index (χ0v) is 15.7. The molecular weight excluding hydrogens is 344 g/mol. The number of piperazine rings is 1. The monoisotopic (exact) mass is 370 g/mol. The Labute approximate surface area is 159 Å². The van der Waals surface area contributed by atoms with Gasteiger partial charge in [0.15, 0.2) is 0 Å². The Bertz CT molecular complexity index is 776. The second kappa shape index (κ2) is 8.79. The predicted octanol–water partition coefficient (Wildman–Crippen LogP) is -0.0301. The Morgan fingerprint density at radius 1 is 1.33 bits per heavy atom. The molecule has 2 aromatic rings. The Morgan fingerprint density at radius 3 is 2.78 bits per heavy atom. The van der Waals surface area contributed by atoms with Crippen LogP contribution in [-0.4, -0.2) is 59.5 Å².